The number of hydrogen-bond acceptors (Lipinski definition) is 5. The second-order valence-electron chi connectivity index (χ2n) is 22.1. The Bertz CT molecular complexity index is 3030. The summed E-state index contributed by atoms with van der Waals surface area (Å²) in [5.74, 6) is -0.492. The molecule has 3 aliphatic heterocycles. The van der Waals surface area contributed by atoms with Crippen molar-refractivity contribution in [2.75, 3.05) is 18.0 Å². The number of unbranched alkanes of at least 4 members (excludes halogenated alkanes) is 12. The number of amides is 4. The zero-order valence-electron chi connectivity index (χ0n) is 43.1. The molecule has 2 atom stereocenters. The van der Waals surface area contributed by atoms with Crippen molar-refractivity contribution >= 4 is 79.4 Å². The van der Waals surface area contributed by atoms with Crippen molar-refractivity contribution < 1.29 is 19.2 Å². The van der Waals surface area contributed by atoms with Gasteiger partial charge in [-0.2, -0.15) is 0 Å². The minimum absolute atomic E-state index is 0.00411. The largest absolute Gasteiger partial charge is 0.371 e. The molecule has 0 aromatic heterocycles. The van der Waals surface area contributed by atoms with Crippen molar-refractivity contribution in [3.8, 4) is 0 Å². The van der Waals surface area contributed by atoms with E-state index in [1.54, 1.807) is 9.80 Å². The summed E-state index contributed by atoms with van der Waals surface area (Å²) in [7, 11) is 0. The van der Waals surface area contributed by atoms with Crippen LogP contribution in [0.2, 0.25) is 0 Å². The van der Waals surface area contributed by atoms with Gasteiger partial charge in [-0.1, -0.05) is 173 Å². The minimum atomic E-state index is -0.138. The van der Waals surface area contributed by atoms with Gasteiger partial charge in [0.1, 0.15) is 0 Å². The summed E-state index contributed by atoms with van der Waals surface area (Å²) < 4.78 is 0. The summed E-state index contributed by atoms with van der Waals surface area (Å²) in [5.41, 5.74) is 9.61. The molecule has 4 amide bonds. The normalized spacial score (nSPS) is 18.6. The van der Waals surface area contributed by atoms with E-state index in [4.69, 9.17) is 0 Å². The number of carbonyl (C=O) groups excluding carboxylic acids is 4. The van der Waals surface area contributed by atoms with Crippen LogP contribution in [0.3, 0.4) is 0 Å². The molecule has 3 heterocycles. The lowest BCUT2D eigenvalue weighted by Crippen LogP contribution is -2.47. The SMILES string of the molecule is CCCCCCC(CCCCCC)N1C(=O)c2ccc3c4c(ccc(c24)C1=O)C1C=Cc2c4c(c5cc(N6CCCC6)c6c7c(ccc2c75)C(=O)N(C(CCCCCC)CCCCCC)C6=O)=CC=C3C41. The first-order chi connectivity index (χ1) is 34.8. The van der Waals surface area contributed by atoms with Gasteiger partial charge in [0, 0.05) is 64.5 Å². The van der Waals surface area contributed by atoms with E-state index < -0.39 is 0 Å². The molecule has 7 nitrogen and oxygen atoms in total. The van der Waals surface area contributed by atoms with E-state index in [0.29, 0.717) is 16.7 Å². The third kappa shape index (κ3) is 7.89. The fourth-order valence-electron chi connectivity index (χ4n) is 14.2. The number of imide groups is 2. The Kier molecular flexibility index (Phi) is 13.6. The van der Waals surface area contributed by atoms with Gasteiger partial charge >= 0.3 is 0 Å². The van der Waals surface area contributed by atoms with Crippen LogP contribution in [-0.2, 0) is 0 Å². The van der Waals surface area contributed by atoms with Crippen LogP contribution >= 0.6 is 0 Å². The van der Waals surface area contributed by atoms with Gasteiger partial charge in [-0.05, 0) is 117 Å². The van der Waals surface area contributed by atoms with Gasteiger partial charge < -0.3 is 4.90 Å². The summed E-state index contributed by atoms with van der Waals surface area (Å²) in [6.07, 6.45) is 32.7. The summed E-state index contributed by atoms with van der Waals surface area (Å²) in [5, 5.41) is 7.10. The highest BCUT2D eigenvalue weighted by Gasteiger charge is 2.46. The average Bonchev–Trinajstić information content (AvgIpc) is 3.94. The maximum atomic E-state index is 15.5. The van der Waals surface area contributed by atoms with Crippen LogP contribution < -0.4 is 10.1 Å². The smallest absolute Gasteiger partial charge is 0.263 e. The van der Waals surface area contributed by atoms with E-state index in [2.05, 4.69) is 81.2 Å². The van der Waals surface area contributed by atoms with Crippen LogP contribution in [-0.4, -0.2) is 58.6 Å². The number of hydrogen-bond donors (Lipinski definition) is 0. The third-order valence-corrected chi connectivity index (χ3v) is 17.7. The molecule has 1 fully saturated rings. The second kappa shape index (κ2) is 20.2. The molecule has 370 valence electrons. The molecule has 0 bridgehead atoms. The average molecular weight is 950 g/mol. The van der Waals surface area contributed by atoms with Gasteiger partial charge in [0.25, 0.3) is 23.6 Å². The Hall–Kier alpha value is -5.56. The van der Waals surface area contributed by atoms with E-state index in [1.165, 1.54) is 47.6 Å². The number of carbonyl (C=O) groups is 4. The predicted octanol–water partition coefficient (Wildman–Crippen LogP) is 15.4. The maximum Gasteiger partial charge on any atom is 0.263 e. The fourth-order valence-corrected chi connectivity index (χ4v) is 14.2. The van der Waals surface area contributed by atoms with Gasteiger partial charge in [-0.3, -0.25) is 29.0 Å². The molecular formula is C64H75N3O4. The molecule has 0 spiro atoms. The van der Waals surface area contributed by atoms with Crippen molar-refractivity contribution in [1.82, 2.24) is 9.80 Å². The number of nitrogens with zero attached hydrogens (tertiary/aromatic N) is 3. The number of benzene rings is 5. The summed E-state index contributed by atoms with van der Waals surface area (Å²) in [6.45, 7) is 10.7. The van der Waals surface area contributed by atoms with E-state index in [1.807, 2.05) is 18.2 Å². The van der Waals surface area contributed by atoms with E-state index in [9.17, 15) is 9.59 Å². The fraction of sp³-hybridized carbons (Fsp3) is 0.500. The second-order valence-corrected chi connectivity index (χ2v) is 22.1. The highest BCUT2D eigenvalue weighted by Crippen LogP contribution is 2.57. The van der Waals surface area contributed by atoms with Crippen molar-refractivity contribution in [2.45, 2.75) is 193 Å². The molecule has 71 heavy (non-hydrogen) atoms. The first-order valence-electron chi connectivity index (χ1n) is 28.4. The number of anilines is 1. The highest BCUT2D eigenvalue weighted by atomic mass is 16.2. The Morgan fingerprint density at radius 1 is 0.521 bits per heavy atom. The maximum absolute atomic E-state index is 15.5. The standard InChI is InChI=1S/C64H75N3O4/c1-5-9-13-17-23-40(24-18-14-10-6-2)66-61(68)49-34-31-45-42-27-28-44-47-33-36-51-59-57(47)52(48-30-29-43(54(42)56(44)48)46-32-35-50(62(66)69)58(49)55(45)46)39-53(65-37-21-22-38-65)60(59)64(71)67(63(51)70)41(25-19-15-11-7-3)26-20-16-12-8-4/h27-36,39-42,54H,5-26,37-38H2,1-4H3. The molecule has 0 saturated carbocycles. The molecule has 0 radical (unpaired) electrons. The van der Waals surface area contributed by atoms with Gasteiger partial charge in [0.15, 0.2) is 0 Å². The first-order valence-corrected chi connectivity index (χ1v) is 28.4. The summed E-state index contributed by atoms with van der Waals surface area (Å²) in [6, 6.07) is 14.8. The third-order valence-electron chi connectivity index (χ3n) is 17.7. The van der Waals surface area contributed by atoms with Crippen molar-refractivity contribution in [2.24, 2.45) is 0 Å². The molecule has 7 heteroatoms. The van der Waals surface area contributed by atoms with E-state index in [0.717, 1.165) is 183 Å². The van der Waals surface area contributed by atoms with Gasteiger partial charge in [-0.15, -0.1) is 0 Å². The minimum Gasteiger partial charge on any atom is -0.371 e. The van der Waals surface area contributed by atoms with E-state index >= 15 is 9.59 Å². The quantitative estimate of drug-likeness (QED) is 0.0481. The van der Waals surface area contributed by atoms with Crippen molar-refractivity contribution in [3.05, 3.63) is 104 Å². The first kappa shape index (κ1) is 47.7. The van der Waals surface area contributed by atoms with Crippen LogP contribution in [0.25, 0.3) is 50.0 Å². The Morgan fingerprint density at radius 2 is 1.04 bits per heavy atom. The molecule has 5 aromatic rings. The number of allylic oxidation sites excluding steroid dienone is 3. The van der Waals surface area contributed by atoms with Crippen LogP contribution in [0.15, 0.2) is 54.6 Å². The van der Waals surface area contributed by atoms with Gasteiger partial charge in [0.05, 0.1) is 11.3 Å². The topological polar surface area (TPSA) is 78.0 Å². The lowest BCUT2D eigenvalue weighted by molar-refractivity contribution is 0.0501. The Labute approximate surface area is 421 Å². The summed E-state index contributed by atoms with van der Waals surface area (Å²) >= 11 is 0. The van der Waals surface area contributed by atoms with Crippen molar-refractivity contribution in [1.29, 1.82) is 0 Å². The van der Waals surface area contributed by atoms with Crippen molar-refractivity contribution in [3.63, 3.8) is 0 Å². The number of fused-ring (bicyclic) bond motifs is 4. The Balaban J connectivity index is 1.03. The van der Waals surface area contributed by atoms with Crippen LogP contribution in [0.4, 0.5) is 5.69 Å². The van der Waals surface area contributed by atoms with Gasteiger partial charge in [-0.25, -0.2) is 0 Å². The van der Waals surface area contributed by atoms with Crippen LogP contribution in [0, 0.1) is 0 Å². The molecule has 0 N–H and O–H groups in total. The monoisotopic (exact) mass is 950 g/mol. The molecule has 3 aliphatic carbocycles. The molecular weight excluding hydrogens is 875 g/mol. The molecule has 6 aliphatic rings. The van der Waals surface area contributed by atoms with Crippen LogP contribution in [0.1, 0.15) is 244 Å². The molecule has 2 unspecified atom stereocenters. The highest BCUT2D eigenvalue weighted by molar-refractivity contribution is 6.34. The molecule has 1 saturated heterocycles. The lowest BCUT2D eigenvalue weighted by Gasteiger charge is -2.42. The zero-order chi connectivity index (χ0) is 48.9. The number of rotatable bonds is 23. The predicted molar refractivity (Wildman–Crippen MR) is 293 cm³/mol. The van der Waals surface area contributed by atoms with Crippen LogP contribution in [0.5, 0.6) is 0 Å². The lowest BCUT2D eigenvalue weighted by atomic mass is 9.62. The Morgan fingerprint density at radius 3 is 1.62 bits per heavy atom. The molecule has 5 aromatic carbocycles. The zero-order valence-corrected chi connectivity index (χ0v) is 43.1. The van der Waals surface area contributed by atoms with Gasteiger partial charge in [0.2, 0.25) is 0 Å². The van der Waals surface area contributed by atoms with E-state index in [-0.39, 0.29) is 47.5 Å². The molecule has 11 rings (SSSR count). The summed E-state index contributed by atoms with van der Waals surface area (Å²) in [4.78, 5) is 66.0.